The molecule has 2 heterocycles. The van der Waals surface area contributed by atoms with Crippen molar-refractivity contribution in [2.45, 2.75) is 26.3 Å². The first kappa shape index (κ1) is 15.3. The molecule has 0 bridgehead atoms. The van der Waals surface area contributed by atoms with Crippen LogP contribution in [-0.4, -0.2) is 22.6 Å². The predicted molar refractivity (Wildman–Crippen MR) is 92.5 cm³/mol. The highest BCUT2D eigenvalue weighted by Crippen LogP contribution is 2.34. The fourth-order valence-electron chi connectivity index (χ4n) is 3.78. The van der Waals surface area contributed by atoms with Crippen molar-refractivity contribution in [3.05, 3.63) is 65.4 Å². The summed E-state index contributed by atoms with van der Waals surface area (Å²) < 4.78 is 29.3. The van der Waals surface area contributed by atoms with E-state index in [1.165, 1.54) is 29.5 Å². The largest absolute Gasteiger partial charge is 0.313 e. The molecule has 0 N–H and O–H groups in total. The van der Waals surface area contributed by atoms with E-state index in [9.17, 15) is 8.78 Å². The molecule has 4 rings (SSSR count). The molecule has 0 amide bonds. The van der Waals surface area contributed by atoms with E-state index in [4.69, 9.17) is 0 Å². The van der Waals surface area contributed by atoms with Crippen molar-refractivity contribution < 1.29 is 8.78 Å². The number of rotatable bonds is 3. The van der Waals surface area contributed by atoms with Crippen molar-refractivity contribution in [3.63, 3.8) is 0 Å². The van der Waals surface area contributed by atoms with Crippen molar-refractivity contribution in [1.29, 1.82) is 0 Å². The lowest BCUT2D eigenvalue weighted by Crippen LogP contribution is -2.31. The Morgan fingerprint density at radius 2 is 1.75 bits per heavy atom. The third-order valence-corrected chi connectivity index (χ3v) is 4.81. The molecule has 1 aliphatic rings. The second kappa shape index (κ2) is 6.02. The number of hydrogen-bond acceptors (Lipinski definition) is 1. The molecule has 2 nitrogen and oxygen atoms in total. The first-order valence-electron chi connectivity index (χ1n) is 8.47. The van der Waals surface area contributed by atoms with Gasteiger partial charge in [0.05, 0.1) is 5.52 Å². The quantitative estimate of drug-likeness (QED) is 0.678. The Balaban J connectivity index is 1.93. The van der Waals surface area contributed by atoms with Gasteiger partial charge in [-0.25, -0.2) is 8.78 Å². The summed E-state index contributed by atoms with van der Waals surface area (Å²) in [5.41, 5.74) is 4.34. The van der Waals surface area contributed by atoms with Gasteiger partial charge in [-0.15, -0.1) is 0 Å². The highest BCUT2D eigenvalue weighted by molar-refractivity contribution is 5.87. The van der Waals surface area contributed by atoms with Crippen LogP contribution in [0.4, 0.5) is 8.78 Å². The second-order valence-electron chi connectivity index (χ2n) is 6.42. The molecule has 0 fully saturated rings. The Kier molecular flexibility index (Phi) is 3.85. The van der Waals surface area contributed by atoms with Crippen LogP contribution in [0.5, 0.6) is 0 Å². The van der Waals surface area contributed by atoms with Crippen LogP contribution in [0.1, 0.15) is 24.6 Å². The van der Waals surface area contributed by atoms with E-state index in [0.717, 1.165) is 49.1 Å². The van der Waals surface area contributed by atoms with E-state index in [2.05, 4.69) is 16.4 Å². The van der Waals surface area contributed by atoms with Crippen LogP contribution < -0.4 is 0 Å². The summed E-state index contributed by atoms with van der Waals surface area (Å²) in [7, 11) is 0. The molecule has 24 heavy (non-hydrogen) atoms. The molecule has 1 aliphatic heterocycles. The van der Waals surface area contributed by atoms with Crippen LogP contribution in [0.2, 0.25) is 0 Å². The molecule has 0 unspecified atom stereocenters. The molecule has 0 atom stereocenters. The average molecular weight is 326 g/mol. The third kappa shape index (κ3) is 2.51. The monoisotopic (exact) mass is 326 g/mol. The van der Waals surface area contributed by atoms with E-state index >= 15 is 0 Å². The summed E-state index contributed by atoms with van der Waals surface area (Å²) in [5, 5.41) is 0.968. The summed E-state index contributed by atoms with van der Waals surface area (Å²) >= 11 is 0. The lowest BCUT2D eigenvalue weighted by molar-refractivity contribution is 0.254. The number of nitrogens with zero attached hydrogens (tertiary/aromatic N) is 2. The average Bonchev–Trinajstić information content (AvgIpc) is 2.89. The van der Waals surface area contributed by atoms with Crippen molar-refractivity contribution in [2.24, 2.45) is 0 Å². The highest BCUT2D eigenvalue weighted by atomic mass is 19.1. The van der Waals surface area contributed by atoms with Crippen molar-refractivity contribution in [1.82, 2.24) is 9.47 Å². The Hall–Kier alpha value is -2.20. The number of aromatic nitrogens is 1. The zero-order valence-corrected chi connectivity index (χ0v) is 13.7. The third-order valence-electron chi connectivity index (χ3n) is 4.81. The fourth-order valence-corrected chi connectivity index (χ4v) is 3.78. The highest BCUT2D eigenvalue weighted by Gasteiger charge is 2.24. The molecule has 0 spiro atoms. The Labute approximate surface area is 140 Å². The van der Waals surface area contributed by atoms with Crippen LogP contribution in [0.3, 0.4) is 0 Å². The molecular weight excluding hydrogens is 306 g/mol. The van der Waals surface area contributed by atoms with E-state index in [-0.39, 0.29) is 11.6 Å². The van der Waals surface area contributed by atoms with Crippen molar-refractivity contribution in [3.8, 4) is 5.69 Å². The first-order chi connectivity index (χ1) is 11.7. The van der Waals surface area contributed by atoms with Gasteiger partial charge in [0.15, 0.2) is 0 Å². The molecule has 1 aromatic heterocycles. The van der Waals surface area contributed by atoms with Gasteiger partial charge in [0, 0.05) is 36.3 Å². The Morgan fingerprint density at radius 3 is 2.50 bits per heavy atom. The normalized spacial score (nSPS) is 15.0. The first-order valence-corrected chi connectivity index (χ1v) is 8.47. The maximum absolute atomic E-state index is 13.8. The topological polar surface area (TPSA) is 8.17 Å². The van der Waals surface area contributed by atoms with Crippen LogP contribution >= 0.6 is 0 Å². The number of fused-ring (bicyclic) bond motifs is 3. The van der Waals surface area contributed by atoms with Crippen LogP contribution in [-0.2, 0) is 13.0 Å². The molecule has 0 saturated carbocycles. The van der Waals surface area contributed by atoms with E-state index in [1.807, 2.05) is 6.07 Å². The maximum atomic E-state index is 13.8. The van der Waals surface area contributed by atoms with Gasteiger partial charge in [-0.3, -0.25) is 4.90 Å². The van der Waals surface area contributed by atoms with Gasteiger partial charge in [0.1, 0.15) is 11.6 Å². The molecule has 4 heteroatoms. The summed E-state index contributed by atoms with van der Waals surface area (Å²) in [6, 6.07) is 11.5. The van der Waals surface area contributed by atoms with Crippen molar-refractivity contribution in [2.75, 3.05) is 13.1 Å². The van der Waals surface area contributed by atoms with Crippen LogP contribution in [0.15, 0.2) is 42.5 Å². The van der Waals surface area contributed by atoms with Crippen LogP contribution in [0, 0.1) is 11.6 Å². The molecule has 0 aliphatic carbocycles. The van der Waals surface area contributed by atoms with Crippen LogP contribution in [0.25, 0.3) is 16.6 Å². The predicted octanol–water partition coefficient (Wildman–Crippen LogP) is 4.68. The van der Waals surface area contributed by atoms with Gasteiger partial charge >= 0.3 is 0 Å². The number of hydrogen-bond donors (Lipinski definition) is 0. The SMILES string of the molecule is CCCN1CCc2c(c3cc(F)ccc3n2-c2ccc(F)cc2)C1. The Bertz CT molecular complexity index is 881. The zero-order chi connectivity index (χ0) is 16.7. The molecular formula is C20H20F2N2. The Morgan fingerprint density at radius 1 is 1.00 bits per heavy atom. The van der Waals surface area contributed by atoms with Gasteiger partial charge in [-0.2, -0.15) is 0 Å². The zero-order valence-electron chi connectivity index (χ0n) is 13.7. The number of benzene rings is 2. The number of halogens is 2. The second-order valence-corrected chi connectivity index (χ2v) is 6.42. The standard InChI is InChI=1S/C20H20F2N2/c1-2-10-23-11-9-20-18(13-23)17-12-15(22)5-8-19(17)24(20)16-6-3-14(21)4-7-16/h3-8,12H,2,9-11,13H2,1H3. The van der Waals surface area contributed by atoms with E-state index in [0.29, 0.717) is 0 Å². The molecule has 0 radical (unpaired) electrons. The van der Waals surface area contributed by atoms with Gasteiger partial charge in [0.25, 0.3) is 0 Å². The minimum absolute atomic E-state index is 0.214. The molecule has 124 valence electrons. The van der Waals surface area contributed by atoms with Gasteiger partial charge < -0.3 is 4.57 Å². The summed E-state index contributed by atoms with van der Waals surface area (Å²) in [4.78, 5) is 2.42. The van der Waals surface area contributed by atoms with Gasteiger partial charge in [-0.1, -0.05) is 6.92 Å². The molecule has 2 aromatic carbocycles. The summed E-state index contributed by atoms with van der Waals surface area (Å²) in [6.07, 6.45) is 2.03. The van der Waals surface area contributed by atoms with E-state index in [1.54, 1.807) is 18.2 Å². The van der Waals surface area contributed by atoms with Crippen molar-refractivity contribution >= 4 is 10.9 Å². The van der Waals surface area contributed by atoms with Gasteiger partial charge in [-0.05, 0) is 61.0 Å². The molecule has 0 saturated heterocycles. The maximum Gasteiger partial charge on any atom is 0.123 e. The lowest BCUT2D eigenvalue weighted by Gasteiger charge is -2.27. The lowest BCUT2D eigenvalue weighted by atomic mass is 10.0. The van der Waals surface area contributed by atoms with Gasteiger partial charge in [0.2, 0.25) is 0 Å². The summed E-state index contributed by atoms with van der Waals surface area (Å²) in [5.74, 6) is -0.460. The molecule has 3 aromatic rings. The minimum atomic E-state index is -0.246. The van der Waals surface area contributed by atoms with E-state index < -0.39 is 0 Å². The minimum Gasteiger partial charge on any atom is -0.313 e. The fraction of sp³-hybridized carbons (Fsp3) is 0.300. The summed E-state index contributed by atoms with van der Waals surface area (Å²) in [6.45, 7) is 5.08. The smallest absolute Gasteiger partial charge is 0.123 e.